The summed E-state index contributed by atoms with van der Waals surface area (Å²) in [5, 5.41) is 0.444. The van der Waals surface area contributed by atoms with Crippen LogP contribution in [0.15, 0.2) is 24.3 Å². The van der Waals surface area contributed by atoms with Gasteiger partial charge in [0.15, 0.2) is 0 Å². The van der Waals surface area contributed by atoms with Gasteiger partial charge in [0.25, 0.3) is 11.8 Å². The van der Waals surface area contributed by atoms with Crippen molar-refractivity contribution in [1.82, 2.24) is 9.96 Å². The van der Waals surface area contributed by atoms with E-state index in [-0.39, 0.29) is 25.1 Å². The van der Waals surface area contributed by atoms with Crippen LogP contribution < -0.4 is 4.74 Å². The average Bonchev–Trinajstić information content (AvgIpc) is 2.99. The molecule has 1 aromatic carbocycles. The molecule has 0 N–H and O–H groups in total. The van der Waals surface area contributed by atoms with E-state index in [4.69, 9.17) is 14.3 Å². The molecule has 10 heteroatoms. The molecule has 1 aliphatic rings. The lowest BCUT2D eigenvalue weighted by atomic mass is 10.1. The zero-order valence-electron chi connectivity index (χ0n) is 17.4. The molecular weight excluding hydrogens is 412 g/mol. The maximum atomic E-state index is 12.8. The summed E-state index contributed by atoms with van der Waals surface area (Å²) in [6.45, 7) is 5.12. The van der Waals surface area contributed by atoms with Gasteiger partial charge in [-0.15, -0.1) is 5.06 Å². The second-order valence-corrected chi connectivity index (χ2v) is 8.01. The van der Waals surface area contributed by atoms with Gasteiger partial charge >= 0.3 is 12.1 Å². The van der Waals surface area contributed by atoms with Gasteiger partial charge in [-0.2, -0.15) is 12.6 Å². The van der Waals surface area contributed by atoms with Gasteiger partial charge in [-0.25, -0.2) is 9.59 Å². The van der Waals surface area contributed by atoms with E-state index in [1.165, 1.54) is 7.11 Å². The molecule has 0 aliphatic carbocycles. The molecule has 9 nitrogen and oxygen atoms in total. The monoisotopic (exact) mass is 438 g/mol. The molecule has 0 spiro atoms. The number of carbonyl (C=O) groups excluding carboxylic acids is 4. The van der Waals surface area contributed by atoms with Crippen LogP contribution in [0.25, 0.3) is 0 Å². The first-order valence-electron chi connectivity index (χ1n) is 9.36. The lowest BCUT2D eigenvalue weighted by Crippen LogP contribution is -2.50. The largest absolute Gasteiger partial charge is 0.497 e. The van der Waals surface area contributed by atoms with E-state index in [1.54, 1.807) is 45.0 Å². The molecule has 1 heterocycles. The Morgan fingerprint density at radius 2 is 1.70 bits per heavy atom. The Hall–Kier alpha value is -2.75. The number of nitrogens with zero attached hydrogens (tertiary/aromatic N) is 2. The second kappa shape index (κ2) is 9.84. The van der Waals surface area contributed by atoms with E-state index < -0.39 is 35.5 Å². The quantitative estimate of drug-likeness (QED) is 0.515. The van der Waals surface area contributed by atoms with Crippen molar-refractivity contribution in [3.63, 3.8) is 0 Å². The number of imide groups is 1. The van der Waals surface area contributed by atoms with Crippen LogP contribution in [0.1, 0.15) is 39.2 Å². The number of hydroxylamine groups is 2. The van der Waals surface area contributed by atoms with Gasteiger partial charge < -0.3 is 14.3 Å². The molecule has 1 fully saturated rings. The normalized spacial score (nSPS) is 15.0. The summed E-state index contributed by atoms with van der Waals surface area (Å²) in [4.78, 5) is 55.3. The second-order valence-electron chi connectivity index (χ2n) is 7.65. The van der Waals surface area contributed by atoms with Crippen LogP contribution in [-0.2, 0) is 30.5 Å². The molecule has 0 radical (unpaired) electrons. The third-order valence-corrected chi connectivity index (χ3v) is 4.49. The smallest absolute Gasteiger partial charge is 0.411 e. The zero-order valence-corrected chi connectivity index (χ0v) is 18.3. The number of carbonyl (C=O) groups is 4. The van der Waals surface area contributed by atoms with Crippen molar-refractivity contribution in [2.75, 3.05) is 12.9 Å². The van der Waals surface area contributed by atoms with Gasteiger partial charge in [0, 0.05) is 25.1 Å². The zero-order chi connectivity index (χ0) is 22.5. The van der Waals surface area contributed by atoms with Crippen molar-refractivity contribution in [2.24, 2.45) is 0 Å². The van der Waals surface area contributed by atoms with Crippen LogP contribution in [0.5, 0.6) is 5.75 Å². The fourth-order valence-corrected chi connectivity index (χ4v) is 3.01. The standard InChI is InChI=1S/C20H26N2O7S/c1-20(2,3)28-19(26)21(11-13-5-7-14(27-4)8-6-13)15(12-30)18(25)29-22-16(23)9-10-17(22)24/h5-8,15,30H,9-12H2,1-4H3/t15-/m0/s1. The summed E-state index contributed by atoms with van der Waals surface area (Å²) in [5.74, 6) is -1.63. The number of thiol groups is 1. The van der Waals surface area contributed by atoms with Crippen molar-refractivity contribution < 1.29 is 33.5 Å². The molecule has 30 heavy (non-hydrogen) atoms. The van der Waals surface area contributed by atoms with Crippen LogP contribution in [0.4, 0.5) is 4.79 Å². The van der Waals surface area contributed by atoms with Gasteiger partial charge in [0.1, 0.15) is 17.4 Å². The van der Waals surface area contributed by atoms with Gasteiger partial charge in [-0.3, -0.25) is 14.5 Å². The first-order chi connectivity index (χ1) is 14.1. The maximum absolute atomic E-state index is 12.8. The van der Waals surface area contributed by atoms with Gasteiger partial charge in [-0.05, 0) is 38.5 Å². The molecule has 1 atom stereocenters. The highest BCUT2D eigenvalue weighted by Crippen LogP contribution is 2.20. The van der Waals surface area contributed by atoms with E-state index in [0.29, 0.717) is 16.4 Å². The molecule has 0 aromatic heterocycles. The summed E-state index contributed by atoms with van der Waals surface area (Å²) < 4.78 is 10.6. The molecule has 1 saturated heterocycles. The minimum atomic E-state index is -1.19. The summed E-state index contributed by atoms with van der Waals surface area (Å²) >= 11 is 4.18. The van der Waals surface area contributed by atoms with Gasteiger partial charge in [0.2, 0.25) is 0 Å². The maximum Gasteiger partial charge on any atom is 0.411 e. The predicted octanol–water partition coefficient (Wildman–Crippen LogP) is 2.34. The summed E-state index contributed by atoms with van der Waals surface area (Å²) in [6, 6.07) is 5.73. The molecule has 164 valence electrons. The van der Waals surface area contributed by atoms with Gasteiger partial charge in [-0.1, -0.05) is 12.1 Å². The molecule has 0 unspecified atom stereocenters. The van der Waals surface area contributed by atoms with Crippen molar-refractivity contribution >= 4 is 36.5 Å². The van der Waals surface area contributed by atoms with E-state index in [1.807, 2.05) is 0 Å². The Labute approximate surface area is 180 Å². The Morgan fingerprint density at radius 3 is 2.17 bits per heavy atom. The van der Waals surface area contributed by atoms with Crippen LogP contribution in [0.3, 0.4) is 0 Å². The summed E-state index contributed by atoms with van der Waals surface area (Å²) in [5.41, 5.74) is -0.101. The highest BCUT2D eigenvalue weighted by atomic mass is 32.1. The summed E-state index contributed by atoms with van der Waals surface area (Å²) in [7, 11) is 1.54. The van der Waals surface area contributed by atoms with Gasteiger partial charge in [0.05, 0.1) is 7.11 Å². The molecule has 1 aliphatic heterocycles. The number of rotatable bonds is 7. The third-order valence-electron chi connectivity index (χ3n) is 4.15. The van der Waals surface area contributed by atoms with Crippen molar-refractivity contribution in [2.45, 2.75) is 51.8 Å². The number of ether oxygens (including phenoxy) is 2. The van der Waals surface area contributed by atoms with E-state index in [2.05, 4.69) is 12.6 Å². The third kappa shape index (κ3) is 6.12. The highest BCUT2D eigenvalue weighted by Gasteiger charge is 2.38. The number of methoxy groups -OCH3 is 1. The highest BCUT2D eigenvalue weighted by molar-refractivity contribution is 7.80. The topological polar surface area (TPSA) is 102 Å². The van der Waals surface area contributed by atoms with Crippen molar-refractivity contribution in [3.05, 3.63) is 29.8 Å². The number of hydrogen-bond donors (Lipinski definition) is 1. The molecule has 3 amide bonds. The van der Waals surface area contributed by atoms with Crippen LogP contribution in [0.2, 0.25) is 0 Å². The minimum Gasteiger partial charge on any atom is -0.497 e. The number of hydrogen-bond acceptors (Lipinski definition) is 8. The van der Waals surface area contributed by atoms with E-state index >= 15 is 0 Å². The van der Waals surface area contributed by atoms with E-state index in [9.17, 15) is 19.2 Å². The van der Waals surface area contributed by atoms with Crippen LogP contribution >= 0.6 is 12.6 Å². The lowest BCUT2D eigenvalue weighted by molar-refractivity contribution is -0.200. The molecular formula is C20H26N2O7S. The summed E-state index contributed by atoms with van der Waals surface area (Å²) in [6.07, 6.45) is -0.813. The predicted molar refractivity (Wildman–Crippen MR) is 110 cm³/mol. The Morgan fingerprint density at radius 1 is 1.13 bits per heavy atom. The van der Waals surface area contributed by atoms with Crippen LogP contribution in [0, 0.1) is 0 Å². The first kappa shape index (κ1) is 23.5. The molecule has 0 bridgehead atoms. The first-order valence-corrected chi connectivity index (χ1v) is 10.00. The lowest BCUT2D eigenvalue weighted by Gasteiger charge is -2.32. The minimum absolute atomic E-state index is 0.0150. The van der Waals surface area contributed by atoms with Crippen molar-refractivity contribution in [1.29, 1.82) is 0 Å². The SMILES string of the molecule is COc1ccc(CN(C(=O)OC(C)(C)C)[C@@H](CS)C(=O)ON2C(=O)CCC2=O)cc1. The molecule has 1 aromatic rings. The Bertz CT molecular complexity index is 788. The Kier molecular flexibility index (Phi) is 7.71. The van der Waals surface area contributed by atoms with E-state index in [0.717, 1.165) is 4.90 Å². The van der Waals surface area contributed by atoms with Crippen LogP contribution in [-0.4, -0.2) is 58.3 Å². The fourth-order valence-electron chi connectivity index (χ4n) is 2.66. The number of amides is 3. The average molecular weight is 439 g/mol. The Balaban J connectivity index is 2.26. The molecule has 0 saturated carbocycles. The number of benzene rings is 1. The molecule has 2 rings (SSSR count). The fraction of sp³-hybridized carbons (Fsp3) is 0.500. The van der Waals surface area contributed by atoms with Crippen molar-refractivity contribution in [3.8, 4) is 5.75 Å².